The van der Waals surface area contributed by atoms with Crippen LogP contribution in [0.3, 0.4) is 0 Å². The van der Waals surface area contributed by atoms with Crippen LogP contribution in [0.5, 0.6) is 0 Å². The van der Waals surface area contributed by atoms with Crippen molar-refractivity contribution in [3.8, 4) is 56.2 Å². The molecule has 0 atom stereocenters. The maximum atomic E-state index is 6.33. The summed E-state index contributed by atoms with van der Waals surface area (Å²) >= 11 is 0. The Bertz CT molecular complexity index is 3540. The van der Waals surface area contributed by atoms with Gasteiger partial charge in [-0.2, -0.15) is 0 Å². The number of rotatable bonds is 5. The zero-order chi connectivity index (χ0) is 44.1. The Balaban J connectivity index is 0.840. The van der Waals surface area contributed by atoms with Crippen LogP contribution < -0.4 is 0 Å². The number of para-hydroxylation sites is 1. The Morgan fingerprint density at radius 1 is 0.403 bits per heavy atom. The first-order valence-corrected chi connectivity index (χ1v) is 24.9. The van der Waals surface area contributed by atoms with E-state index in [2.05, 4.69) is 152 Å². The molecule has 3 heteroatoms. The first-order valence-electron chi connectivity index (χ1n) is 24.9. The molecule has 7 aromatic carbocycles. The van der Waals surface area contributed by atoms with E-state index in [9.17, 15) is 0 Å². The Labute approximate surface area is 393 Å². The van der Waals surface area contributed by atoms with Gasteiger partial charge in [0.1, 0.15) is 11.2 Å². The monoisotopic (exact) mass is 864 g/mol. The zero-order valence-corrected chi connectivity index (χ0v) is 38.0. The first-order chi connectivity index (χ1) is 33.1. The highest BCUT2D eigenvalue weighted by Crippen LogP contribution is 2.62. The topological polar surface area (TPSA) is 38.9 Å². The second-order valence-corrected chi connectivity index (χ2v) is 20.1. The lowest BCUT2D eigenvalue weighted by molar-refractivity contribution is 0.350. The summed E-state index contributed by atoms with van der Waals surface area (Å²) in [5, 5.41) is 2.23. The summed E-state index contributed by atoms with van der Waals surface area (Å²) < 4.78 is 6.33. The third-order valence-electron chi connectivity index (χ3n) is 16.6. The standard InChI is InChI=1S/C64H52N2O/c1-4-16-41(17-5-1)62-65-58(40-59(66-62)47-26-28-50-49-23-7-9-25-60(49)67-61(50)37-47)46-21-15-20-44(35-46)42-18-14-19-43(34-42)45-27-29-55-51(36-45)53-39-56-52(38-57(53)64(55)32-12-3-13-33-64)48-22-6-8-24-54(48)63(56)30-10-2-11-31-63/h1,4-9,15-18,20-29,34-40H,2-3,10-14,19,30-33H2. The molecule has 0 bridgehead atoms. The molecular weight excluding hydrogens is 813 g/mol. The van der Waals surface area contributed by atoms with E-state index < -0.39 is 0 Å². The van der Waals surface area contributed by atoms with Gasteiger partial charge in [0.15, 0.2) is 5.82 Å². The van der Waals surface area contributed by atoms with Crippen LogP contribution in [0.1, 0.15) is 110 Å². The highest BCUT2D eigenvalue weighted by Gasteiger charge is 2.49. The fourth-order valence-electron chi connectivity index (χ4n) is 13.4. The van der Waals surface area contributed by atoms with Crippen LogP contribution in [0.25, 0.3) is 89.2 Å². The molecule has 2 aromatic heterocycles. The summed E-state index contributed by atoms with van der Waals surface area (Å²) in [7, 11) is 0. The van der Waals surface area contributed by atoms with Gasteiger partial charge in [0.2, 0.25) is 0 Å². The van der Waals surface area contributed by atoms with Crippen molar-refractivity contribution in [2.75, 3.05) is 0 Å². The van der Waals surface area contributed by atoms with Crippen molar-refractivity contribution < 1.29 is 4.42 Å². The molecule has 2 fully saturated rings. The van der Waals surface area contributed by atoms with E-state index in [0.29, 0.717) is 5.82 Å². The van der Waals surface area contributed by atoms with Gasteiger partial charge in [-0.3, -0.25) is 0 Å². The maximum Gasteiger partial charge on any atom is 0.160 e. The largest absolute Gasteiger partial charge is 0.456 e. The Morgan fingerprint density at radius 2 is 1.01 bits per heavy atom. The summed E-state index contributed by atoms with van der Waals surface area (Å²) in [6, 6.07) is 58.6. The number of hydrogen-bond acceptors (Lipinski definition) is 3. The molecule has 2 spiro atoms. The Morgan fingerprint density at radius 3 is 1.81 bits per heavy atom. The van der Waals surface area contributed by atoms with Gasteiger partial charge in [-0.15, -0.1) is 0 Å². The first kappa shape index (κ1) is 39.1. The van der Waals surface area contributed by atoms with Crippen molar-refractivity contribution in [3.63, 3.8) is 0 Å². The van der Waals surface area contributed by atoms with E-state index in [1.54, 1.807) is 22.3 Å². The average Bonchev–Trinajstić information content (AvgIpc) is 3.99. The van der Waals surface area contributed by atoms with E-state index >= 15 is 0 Å². The minimum atomic E-state index is 0.113. The van der Waals surface area contributed by atoms with Crippen LogP contribution >= 0.6 is 0 Å². The van der Waals surface area contributed by atoms with Crippen LogP contribution in [-0.4, -0.2) is 9.97 Å². The second kappa shape index (κ2) is 15.2. The smallest absolute Gasteiger partial charge is 0.160 e. The van der Waals surface area contributed by atoms with E-state index in [4.69, 9.17) is 14.4 Å². The maximum absolute atomic E-state index is 6.33. The van der Waals surface area contributed by atoms with Crippen molar-refractivity contribution in [1.29, 1.82) is 0 Å². The summed E-state index contributed by atoms with van der Waals surface area (Å²) in [6.07, 6.45) is 19.9. The van der Waals surface area contributed by atoms with Crippen molar-refractivity contribution in [3.05, 3.63) is 203 Å². The molecule has 0 N–H and O–H groups in total. The quantitative estimate of drug-likeness (QED) is 0.173. The van der Waals surface area contributed by atoms with E-state index in [0.717, 1.165) is 62.9 Å². The second-order valence-electron chi connectivity index (χ2n) is 20.1. The highest BCUT2D eigenvalue weighted by atomic mass is 16.3. The number of nitrogens with zero attached hydrogens (tertiary/aromatic N) is 2. The van der Waals surface area contributed by atoms with Gasteiger partial charge in [0, 0.05) is 38.3 Å². The predicted octanol–water partition coefficient (Wildman–Crippen LogP) is 17.1. The van der Waals surface area contributed by atoms with Gasteiger partial charge in [-0.1, -0.05) is 160 Å². The molecule has 5 aliphatic carbocycles. The molecule has 14 rings (SSSR count). The normalized spacial score (nSPS) is 17.6. The molecule has 0 amide bonds. The highest BCUT2D eigenvalue weighted by molar-refractivity contribution is 6.06. The van der Waals surface area contributed by atoms with Crippen LogP contribution in [0.2, 0.25) is 0 Å². The minimum Gasteiger partial charge on any atom is -0.456 e. The van der Waals surface area contributed by atoms with Gasteiger partial charge in [0.25, 0.3) is 0 Å². The molecule has 9 aromatic rings. The number of benzene rings is 7. The molecule has 324 valence electrons. The molecule has 3 nitrogen and oxygen atoms in total. The van der Waals surface area contributed by atoms with Gasteiger partial charge in [-0.05, 0) is 154 Å². The van der Waals surface area contributed by atoms with Gasteiger partial charge >= 0.3 is 0 Å². The molecular formula is C64H52N2O. The molecule has 0 saturated heterocycles. The Hall–Kier alpha value is -7.10. The Kier molecular flexibility index (Phi) is 8.88. The zero-order valence-electron chi connectivity index (χ0n) is 38.0. The van der Waals surface area contributed by atoms with Crippen LogP contribution in [-0.2, 0) is 10.8 Å². The molecule has 0 radical (unpaired) electrons. The van der Waals surface area contributed by atoms with Crippen LogP contribution in [0, 0.1) is 0 Å². The lowest BCUT2D eigenvalue weighted by Crippen LogP contribution is -2.29. The van der Waals surface area contributed by atoms with Crippen molar-refractivity contribution >= 4 is 33.1 Å². The summed E-state index contributed by atoms with van der Waals surface area (Å²) in [6.45, 7) is 0. The lowest BCUT2D eigenvalue weighted by Gasteiger charge is -2.37. The fraction of sp³-hybridized carbons (Fsp3) is 0.219. The molecule has 2 heterocycles. The molecule has 2 saturated carbocycles. The van der Waals surface area contributed by atoms with Crippen molar-refractivity contribution in [2.24, 2.45) is 0 Å². The van der Waals surface area contributed by atoms with Gasteiger partial charge < -0.3 is 4.42 Å². The van der Waals surface area contributed by atoms with Crippen molar-refractivity contribution in [1.82, 2.24) is 9.97 Å². The van der Waals surface area contributed by atoms with Gasteiger partial charge in [-0.25, -0.2) is 9.97 Å². The summed E-state index contributed by atoms with van der Waals surface area (Å²) in [5.74, 6) is 0.707. The number of allylic oxidation sites excluding steroid dienone is 4. The average molecular weight is 865 g/mol. The SMILES string of the molecule is C1=C(c2cccc(-c3cc(-c4ccc5c(c4)oc4ccccc45)nc(-c4ccccc4)n3)c2)C=C(c2ccc3c(c2)-c2cc4c(cc2C32CCCCC2)-c2ccccc2C42CCCCC2)CC1. The number of hydrogen-bond donors (Lipinski definition) is 0. The number of fused-ring (bicyclic) bond motifs is 13. The van der Waals surface area contributed by atoms with E-state index in [1.807, 2.05) is 18.2 Å². The summed E-state index contributed by atoms with van der Waals surface area (Å²) in [4.78, 5) is 10.4. The molecule has 0 unspecified atom stereocenters. The fourth-order valence-corrected chi connectivity index (χ4v) is 13.4. The van der Waals surface area contributed by atoms with E-state index in [-0.39, 0.29) is 10.8 Å². The van der Waals surface area contributed by atoms with E-state index in [1.165, 1.54) is 109 Å². The van der Waals surface area contributed by atoms with Crippen LogP contribution in [0.4, 0.5) is 0 Å². The number of aromatic nitrogens is 2. The molecule has 5 aliphatic rings. The number of furan rings is 1. The predicted molar refractivity (Wildman–Crippen MR) is 276 cm³/mol. The third kappa shape index (κ3) is 6.09. The minimum absolute atomic E-state index is 0.113. The summed E-state index contributed by atoms with van der Waals surface area (Å²) in [5.41, 5.74) is 24.5. The van der Waals surface area contributed by atoms with Crippen molar-refractivity contribution in [2.45, 2.75) is 87.9 Å². The molecule has 67 heavy (non-hydrogen) atoms. The molecule has 0 aliphatic heterocycles. The lowest BCUT2D eigenvalue weighted by atomic mass is 9.66. The van der Waals surface area contributed by atoms with Crippen LogP contribution in [0.15, 0.2) is 174 Å². The third-order valence-corrected chi connectivity index (χ3v) is 16.6. The van der Waals surface area contributed by atoms with Gasteiger partial charge in [0.05, 0.1) is 11.4 Å².